The fraction of sp³-hybridized carbons (Fsp3) is 0.360. The Kier molecular flexibility index (Phi) is 4.64. The zero-order valence-electron chi connectivity index (χ0n) is 17.5. The van der Waals surface area contributed by atoms with Crippen molar-refractivity contribution in [3.63, 3.8) is 0 Å². The van der Waals surface area contributed by atoms with E-state index in [9.17, 15) is 8.42 Å². The second-order valence-electron chi connectivity index (χ2n) is 9.14. The molecule has 0 aromatic heterocycles. The Hall–Kier alpha value is -2.37. The van der Waals surface area contributed by atoms with Gasteiger partial charge in [0.05, 0.1) is 6.26 Å². The maximum absolute atomic E-state index is 11.6. The molecule has 5 rings (SSSR count). The van der Waals surface area contributed by atoms with Crippen molar-refractivity contribution in [3.05, 3.63) is 77.9 Å². The van der Waals surface area contributed by atoms with Gasteiger partial charge in [-0.1, -0.05) is 61.5 Å². The van der Waals surface area contributed by atoms with Crippen molar-refractivity contribution >= 4 is 26.5 Å². The van der Waals surface area contributed by atoms with Crippen LogP contribution in [0, 0.1) is 11.8 Å². The van der Waals surface area contributed by atoms with Crippen LogP contribution >= 0.6 is 0 Å². The molecule has 4 nitrogen and oxygen atoms in total. The van der Waals surface area contributed by atoms with Crippen LogP contribution in [0.5, 0.6) is 0 Å². The van der Waals surface area contributed by atoms with Crippen LogP contribution in [0.15, 0.2) is 66.7 Å². The second-order valence-corrected chi connectivity index (χ2v) is 10.9. The van der Waals surface area contributed by atoms with E-state index in [1.165, 1.54) is 28.2 Å². The van der Waals surface area contributed by atoms with Gasteiger partial charge in [0.15, 0.2) is 0 Å². The molecule has 0 spiro atoms. The van der Waals surface area contributed by atoms with Gasteiger partial charge in [-0.3, -0.25) is 4.72 Å². The molecule has 3 aromatic carbocycles. The summed E-state index contributed by atoms with van der Waals surface area (Å²) in [7, 11) is -3.25. The first-order valence-corrected chi connectivity index (χ1v) is 12.5. The number of nitrogens with one attached hydrogen (secondary N) is 1. The molecule has 0 amide bonds. The molecule has 156 valence electrons. The average Bonchev–Trinajstić information content (AvgIpc) is 3.06. The van der Waals surface area contributed by atoms with E-state index >= 15 is 0 Å². The van der Waals surface area contributed by atoms with Crippen molar-refractivity contribution in [2.24, 2.45) is 11.8 Å². The molecule has 0 bridgehead atoms. The van der Waals surface area contributed by atoms with E-state index in [1.807, 2.05) is 18.2 Å². The number of hydrogen-bond acceptors (Lipinski definition) is 3. The minimum Gasteiger partial charge on any atom is -0.302 e. The van der Waals surface area contributed by atoms with Gasteiger partial charge >= 0.3 is 0 Å². The number of likely N-dealkylation sites (tertiary alicyclic amines) is 1. The fourth-order valence-electron chi connectivity index (χ4n) is 5.39. The van der Waals surface area contributed by atoms with E-state index in [1.54, 1.807) is 0 Å². The molecule has 2 atom stereocenters. The fourth-order valence-corrected chi connectivity index (χ4v) is 5.94. The van der Waals surface area contributed by atoms with E-state index < -0.39 is 10.0 Å². The van der Waals surface area contributed by atoms with Crippen LogP contribution < -0.4 is 4.72 Å². The number of hydrogen-bond donors (Lipinski definition) is 1. The van der Waals surface area contributed by atoms with Crippen molar-refractivity contribution in [2.75, 3.05) is 30.6 Å². The molecule has 1 aliphatic heterocycles. The highest BCUT2D eigenvalue weighted by molar-refractivity contribution is 7.92. The van der Waals surface area contributed by atoms with Crippen LogP contribution in [0.4, 0.5) is 5.69 Å². The minimum atomic E-state index is -3.25. The third kappa shape index (κ3) is 3.61. The van der Waals surface area contributed by atoms with Crippen molar-refractivity contribution in [1.29, 1.82) is 0 Å². The lowest BCUT2D eigenvalue weighted by Crippen LogP contribution is -2.30. The maximum atomic E-state index is 11.6. The smallest absolute Gasteiger partial charge is 0.229 e. The SMILES string of the molecule is CC1(c2cccc(NS(C)(=O)=O)c2)C2CN(CCc3ccc4ccccc4c3)CC21. The summed E-state index contributed by atoms with van der Waals surface area (Å²) in [5, 5.41) is 2.61. The molecule has 1 saturated heterocycles. The van der Waals surface area contributed by atoms with Gasteiger partial charge in [-0.25, -0.2) is 8.42 Å². The standard InChI is InChI=1S/C25H28N2O2S/c1-25(21-8-5-9-22(15-21)26-30(2,28)29)23-16-27(17-24(23)25)13-12-18-10-11-19-6-3-4-7-20(19)14-18/h3-11,14-15,23-24,26H,12-13,16-17H2,1-2H3. The molecule has 1 aliphatic carbocycles. The van der Waals surface area contributed by atoms with Crippen LogP contribution in [0.25, 0.3) is 10.8 Å². The number of benzene rings is 3. The molecule has 3 aromatic rings. The number of rotatable bonds is 6. The van der Waals surface area contributed by atoms with Gasteiger partial charge in [-0.15, -0.1) is 0 Å². The third-order valence-corrected chi connectivity index (χ3v) is 7.75. The Morgan fingerprint density at radius 1 is 0.967 bits per heavy atom. The Balaban J connectivity index is 1.21. The molecule has 1 saturated carbocycles. The summed E-state index contributed by atoms with van der Waals surface area (Å²) in [6.07, 6.45) is 2.27. The van der Waals surface area contributed by atoms with Crippen LogP contribution in [0.1, 0.15) is 18.1 Å². The maximum Gasteiger partial charge on any atom is 0.229 e. The van der Waals surface area contributed by atoms with Crippen LogP contribution in [0.2, 0.25) is 0 Å². The normalized spacial score (nSPS) is 25.9. The predicted molar refractivity (Wildman–Crippen MR) is 123 cm³/mol. The highest BCUT2D eigenvalue weighted by atomic mass is 32.2. The summed E-state index contributed by atoms with van der Waals surface area (Å²) >= 11 is 0. The Morgan fingerprint density at radius 2 is 1.70 bits per heavy atom. The van der Waals surface area contributed by atoms with E-state index in [-0.39, 0.29) is 5.41 Å². The first-order chi connectivity index (χ1) is 14.3. The number of nitrogens with zero attached hydrogens (tertiary/aromatic N) is 1. The third-order valence-electron chi connectivity index (χ3n) is 7.15. The zero-order valence-corrected chi connectivity index (χ0v) is 18.3. The average molecular weight is 421 g/mol. The van der Waals surface area contributed by atoms with Gasteiger partial charge in [0.2, 0.25) is 10.0 Å². The van der Waals surface area contributed by atoms with Crippen molar-refractivity contribution in [2.45, 2.75) is 18.8 Å². The molecule has 0 radical (unpaired) electrons. The van der Waals surface area contributed by atoms with Crippen LogP contribution in [0.3, 0.4) is 0 Å². The van der Waals surface area contributed by atoms with Crippen molar-refractivity contribution in [1.82, 2.24) is 4.90 Å². The Bertz CT molecular complexity index is 1190. The quantitative estimate of drug-likeness (QED) is 0.648. The minimum absolute atomic E-state index is 0.161. The van der Waals surface area contributed by atoms with Gasteiger partial charge < -0.3 is 4.90 Å². The van der Waals surface area contributed by atoms with Crippen LogP contribution in [-0.4, -0.2) is 39.2 Å². The highest BCUT2D eigenvalue weighted by Gasteiger charge is 2.65. The molecular formula is C25H28N2O2S. The van der Waals surface area contributed by atoms with E-state index in [2.05, 4.69) is 65.1 Å². The number of sulfonamides is 1. The van der Waals surface area contributed by atoms with Gasteiger partial charge in [-0.05, 0) is 52.3 Å². The number of anilines is 1. The first-order valence-electron chi connectivity index (χ1n) is 10.6. The molecule has 30 heavy (non-hydrogen) atoms. The number of piperidine rings is 1. The molecular weight excluding hydrogens is 392 g/mol. The molecule has 2 aliphatic rings. The molecule has 5 heteroatoms. The van der Waals surface area contributed by atoms with Crippen LogP contribution in [-0.2, 0) is 21.9 Å². The number of fused-ring (bicyclic) bond motifs is 2. The highest BCUT2D eigenvalue weighted by Crippen LogP contribution is 2.63. The lowest BCUT2D eigenvalue weighted by atomic mass is 9.92. The lowest BCUT2D eigenvalue weighted by molar-refractivity contribution is 0.281. The summed E-state index contributed by atoms with van der Waals surface area (Å²) in [6, 6.07) is 23.3. The first kappa shape index (κ1) is 19.6. The van der Waals surface area contributed by atoms with E-state index in [0.29, 0.717) is 17.5 Å². The summed E-state index contributed by atoms with van der Waals surface area (Å²) in [6.45, 7) is 5.68. The summed E-state index contributed by atoms with van der Waals surface area (Å²) in [5.41, 5.74) is 3.47. The van der Waals surface area contributed by atoms with Gasteiger partial charge in [-0.2, -0.15) is 0 Å². The molecule has 2 unspecified atom stereocenters. The second kappa shape index (κ2) is 7.10. The summed E-state index contributed by atoms with van der Waals surface area (Å²) in [5.74, 6) is 1.31. The van der Waals surface area contributed by atoms with Crippen molar-refractivity contribution in [3.8, 4) is 0 Å². The monoisotopic (exact) mass is 420 g/mol. The lowest BCUT2D eigenvalue weighted by Gasteiger charge is -2.25. The summed E-state index contributed by atoms with van der Waals surface area (Å²) < 4.78 is 25.7. The Morgan fingerprint density at radius 3 is 2.43 bits per heavy atom. The molecule has 2 fully saturated rings. The van der Waals surface area contributed by atoms with E-state index in [0.717, 1.165) is 26.1 Å². The van der Waals surface area contributed by atoms with Crippen molar-refractivity contribution < 1.29 is 8.42 Å². The topological polar surface area (TPSA) is 49.4 Å². The van der Waals surface area contributed by atoms with Gasteiger partial charge in [0.1, 0.15) is 0 Å². The largest absolute Gasteiger partial charge is 0.302 e. The van der Waals surface area contributed by atoms with E-state index in [4.69, 9.17) is 0 Å². The molecule has 1 heterocycles. The van der Waals surface area contributed by atoms with Gasteiger partial charge in [0, 0.05) is 30.7 Å². The summed E-state index contributed by atoms with van der Waals surface area (Å²) in [4.78, 5) is 2.59. The Labute approximate surface area is 179 Å². The molecule has 1 N–H and O–H groups in total. The zero-order chi connectivity index (χ0) is 20.9. The van der Waals surface area contributed by atoms with Gasteiger partial charge in [0.25, 0.3) is 0 Å². The predicted octanol–water partition coefficient (Wildman–Crippen LogP) is 4.27.